The Morgan fingerprint density at radius 2 is 2.11 bits per heavy atom. The standard InChI is InChI=1S/C7H13NO/c1-6(2)3-7(4-8)5-9/h6-7,9H,3,5H2,1-2H3. The molecule has 0 aromatic heterocycles. The fraction of sp³-hybridized carbons (Fsp3) is 0.857. The lowest BCUT2D eigenvalue weighted by atomic mass is 10.00. The molecule has 0 aromatic carbocycles. The van der Waals surface area contributed by atoms with Crippen LogP contribution in [0.15, 0.2) is 0 Å². The van der Waals surface area contributed by atoms with Crippen LogP contribution in [0.2, 0.25) is 0 Å². The van der Waals surface area contributed by atoms with E-state index in [0.29, 0.717) is 5.92 Å². The third-order valence-corrected chi connectivity index (χ3v) is 1.16. The van der Waals surface area contributed by atoms with Crippen molar-refractivity contribution in [1.82, 2.24) is 0 Å². The number of aliphatic hydroxyl groups excluding tert-OH is 1. The average molecular weight is 127 g/mol. The SMILES string of the molecule is CC(C)CC(C#N)CO. The number of hydrogen-bond donors (Lipinski definition) is 1. The number of aliphatic hydroxyl groups is 1. The number of nitriles is 1. The zero-order valence-corrected chi connectivity index (χ0v) is 5.96. The summed E-state index contributed by atoms with van der Waals surface area (Å²) in [6.45, 7) is 4.08. The Bertz CT molecular complexity index is 104. The van der Waals surface area contributed by atoms with E-state index in [1.165, 1.54) is 0 Å². The van der Waals surface area contributed by atoms with E-state index in [2.05, 4.69) is 0 Å². The van der Waals surface area contributed by atoms with Gasteiger partial charge in [-0.2, -0.15) is 5.26 Å². The van der Waals surface area contributed by atoms with Crippen LogP contribution in [0.3, 0.4) is 0 Å². The smallest absolute Gasteiger partial charge is 0.0696 e. The average Bonchev–Trinajstić information content (AvgIpc) is 1.82. The molecule has 0 fully saturated rings. The van der Waals surface area contributed by atoms with E-state index in [-0.39, 0.29) is 12.5 Å². The Morgan fingerprint density at radius 3 is 2.22 bits per heavy atom. The van der Waals surface area contributed by atoms with E-state index in [0.717, 1.165) is 6.42 Å². The largest absolute Gasteiger partial charge is 0.395 e. The van der Waals surface area contributed by atoms with Gasteiger partial charge in [0.15, 0.2) is 0 Å². The molecule has 0 spiro atoms. The number of nitrogens with zero attached hydrogens (tertiary/aromatic N) is 1. The maximum Gasteiger partial charge on any atom is 0.0696 e. The lowest BCUT2D eigenvalue weighted by Crippen LogP contribution is -2.06. The Labute approximate surface area is 56.1 Å². The van der Waals surface area contributed by atoms with Gasteiger partial charge in [0.1, 0.15) is 0 Å². The molecule has 1 N–H and O–H groups in total. The zero-order valence-electron chi connectivity index (χ0n) is 5.96. The summed E-state index contributed by atoms with van der Waals surface area (Å²) in [5, 5.41) is 16.9. The Kier molecular flexibility index (Phi) is 4.08. The minimum atomic E-state index is -0.162. The van der Waals surface area contributed by atoms with Gasteiger partial charge in [0.2, 0.25) is 0 Å². The van der Waals surface area contributed by atoms with Crippen LogP contribution in [0, 0.1) is 23.2 Å². The van der Waals surface area contributed by atoms with Crippen molar-refractivity contribution in [3.8, 4) is 6.07 Å². The van der Waals surface area contributed by atoms with Crippen LogP contribution in [0.25, 0.3) is 0 Å². The summed E-state index contributed by atoms with van der Waals surface area (Å²) < 4.78 is 0. The molecule has 0 radical (unpaired) electrons. The fourth-order valence-corrected chi connectivity index (χ4v) is 0.737. The molecule has 1 atom stereocenters. The Balaban J connectivity index is 3.47. The van der Waals surface area contributed by atoms with E-state index in [1.54, 1.807) is 0 Å². The van der Waals surface area contributed by atoms with Gasteiger partial charge in [-0.1, -0.05) is 13.8 Å². The normalized spacial score (nSPS) is 13.2. The minimum Gasteiger partial charge on any atom is -0.395 e. The first-order valence-electron chi connectivity index (χ1n) is 3.21. The summed E-state index contributed by atoms with van der Waals surface area (Å²) in [6, 6.07) is 2.03. The first-order chi connectivity index (χ1) is 4.20. The maximum atomic E-state index is 8.55. The molecule has 0 rings (SSSR count). The molecule has 0 aromatic rings. The first kappa shape index (κ1) is 8.45. The lowest BCUT2D eigenvalue weighted by Gasteiger charge is -2.06. The van der Waals surface area contributed by atoms with E-state index in [1.807, 2.05) is 19.9 Å². The quantitative estimate of drug-likeness (QED) is 0.618. The van der Waals surface area contributed by atoms with Crippen LogP contribution < -0.4 is 0 Å². The van der Waals surface area contributed by atoms with Gasteiger partial charge in [0.25, 0.3) is 0 Å². The van der Waals surface area contributed by atoms with Gasteiger partial charge >= 0.3 is 0 Å². The number of hydrogen-bond acceptors (Lipinski definition) is 2. The van der Waals surface area contributed by atoms with E-state index in [4.69, 9.17) is 10.4 Å². The third-order valence-electron chi connectivity index (χ3n) is 1.16. The molecule has 0 aliphatic carbocycles. The van der Waals surface area contributed by atoms with Crippen molar-refractivity contribution in [2.75, 3.05) is 6.61 Å². The van der Waals surface area contributed by atoms with Gasteiger partial charge in [0, 0.05) is 0 Å². The van der Waals surface area contributed by atoms with Crippen molar-refractivity contribution in [3.63, 3.8) is 0 Å². The summed E-state index contributed by atoms with van der Waals surface area (Å²) in [5.41, 5.74) is 0. The summed E-state index contributed by atoms with van der Waals surface area (Å²) >= 11 is 0. The topological polar surface area (TPSA) is 44.0 Å². The second-order valence-corrected chi connectivity index (χ2v) is 2.64. The highest BCUT2D eigenvalue weighted by Gasteiger charge is 2.06. The minimum absolute atomic E-state index is 0.00528. The van der Waals surface area contributed by atoms with Crippen molar-refractivity contribution in [2.24, 2.45) is 11.8 Å². The van der Waals surface area contributed by atoms with Crippen LogP contribution in [0.5, 0.6) is 0 Å². The summed E-state index contributed by atoms with van der Waals surface area (Å²) in [4.78, 5) is 0. The molecule has 0 saturated carbocycles. The van der Waals surface area contributed by atoms with Crippen LogP contribution in [0.4, 0.5) is 0 Å². The van der Waals surface area contributed by atoms with Gasteiger partial charge in [-0.25, -0.2) is 0 Å². The van der Waals surface area contributed by atoms with E-state index >= 15 is 0 Å². The van der Waals surface area contributed by atoms with Crippen molar-refractivity contribution in [1.29, 1.82) is 5.26 Å². The van der Waals surface area contributed by atoms with Gasteiger partial charge in [0.05, 0.1) is 18.6 Å². The molecule has 0 amide bonds. The molecular weight excluding hydrogens is 114 g/mol. The second-order valence-electron chi connectivity index (χ2n) is 2.64. The van der Waals surface area contributed by atoms with Crippen molar-refractivity contribution < 1.29 is 5.11 Å². The van der Waals surface area contributed by atoms with E-state index in [9.17, 15) is 0 Å². The molecule has 52 valence electrons. The summed E-state index contributed by atoms with van der Waals surface area (Å²) in [7, 11) is 0. The highest BCUT2D eigenvalue weighted by molar-refractivity contribution is 4.82. The molecule has 0 aliphatic heterocycles. The predicted molar refractivity (Wildman–Crippen MR) is 35.6 cm³/mol. The van der Waals surface area contributed by atoms with Crippen LogP contribution in [0.1, 0.15) is 20.3 Å². The van der Waals surface area contributed by atoms with Gasteiger partial charge < -0.3 is 5.11 Å². The second kappa shape index (κ2) is 4.34. The molecule has 9 heavy (non-hydrogen) atoms. The first-order valence-corrected chi connectivity index (χ1v) is 3.21. The highest BCUT2D eigenvalue weighted by Crippen LogP contribution is 2.08. The highest BCUT2D eigenvalue weighted by atomic mass is 16.3. The molecule has 0 heterocycles. The lowest BCUT2D eigenvalue weighted by molar-refractivity contribution is 0.239. The van der Waals surface area contributed by atoms with Gasteiger partial charge in [-0.05, 0) is 12.3 Å². The van der Waals surface area contributed by atoms with E-state index < -0.39 is 0 Å². The summed E-state index contributed by atoms with van der Waals surface area (Å²) in [5.74, 6) is 0.340. The van der Waals surface area contributed by atoms with Gasteiger partial charge in [-0.15, -0.1) is 0 Å². The maximum absolute atomic E-state index is 8.55. The van der Waals surface area contributed by atoms with Crippen molar-refractivity contribution in [2.45, 2.75) is 20.3 Å². The third kappa shape index (κ3) is 3.99. The zero-order chi connectivity index (χ0) is 7.28. The van der Waals surface area contributed by atoms with Crippen LogP contribution in [-0.2, 0) is 0 Å². The van der Waals surface area contributed by atoms with Crippen LogP contribution in [-0.4, -0.2) is 11.7 Å². The van der Waals surface area contributed by atoms with Crippen LogP contribution >= 0.6 is 0 Å². The van der Waals surface area contributed by atoms with Crippen molar-refractivity contribution in [3.05, 3.63) is 0 Å². The molecule has 1 unspecified atom stereocenters. The fourth-order valence-electron chi connectivity index (χ4n) is 0.737. The predicted octanol–water partition coefficient (Wildman–Crippen LogP) is 1.16. The Morgan fingerprint density at radius 1 is 1.56 bits per heavy atom. The molecule has 0 saturated heterocycles. The molecular formula is C7H13NO. The van der Waals surface area contributed by atoms with Gasteiger partial charge in [-0.3, -0.25) is 0 Å². The molecule has 0 bridgehead atoms. The van der Waals surface area contributed by atoms with Crippen molar-refractivity contribution >= 4 is 0 Å². The number of rotatable bonds is 3. The molecule has 0 aliphatic rings. The molecule has 2 heteroatoms. The monoisotopic (exact) mass is 127 g/mol. The summed E-state index contributed by atoms with van der Waals surface area (Å²) in [6.07, 6.45) is 0.799. The Hall–Kier alpha value is -0.550. The molecule has 2 nitrogen and oxygen atoms in total.